The fourth-order valence-corrected chi connectivity index (χ4v) is 3.56. The summed E-state index contributed by atoms with van der Waals surface area (Å²) in [5, 5.41) is 30.6. The lowest BCUT2D eigenvalue weighted by Gasteiger charge is -2.39. The minimum Gasteiger partial charge on any atom is -0.478 e. The third kappa shape index (κ3) is 3.17. The molecule has 0 aromatic heterocycles. The lowest BCUT2D eigenvalue weighted by molar-refractivity contribution is -0.384. The molecule has 0 amide bonds. The van der Waals surface area contributed by atoms with E-state index < -0.39 is 22.8 Å². The first-order valence-corrected chi connectivity index (χ1v) is 7.99. The lowest BCUT2D eigenvalue weighted by atomic mass is 9.79. The van der Waals surface area contributed by atoms with Crippen LogP contribution in [0.15, 0.2) is 46.8 Å². The first-order valence-electron chi connectivity index (χ1n) is 7.99. The van der Waals surface area contributed by atoms with Crippen LogP contribution >= 0.6 is 0 Å². The van der Waals surface area contributed by atoms with Crippen molar-refractivity contribution in [1.29, 1.82) is 0 Å². The summed E-state index contributed by atoms with van der Waals surface area (Å²) >= 11 is 0. The van der Waals surface area contributed by atoms with Crippen molar-refractivity contribution in [2.24, 2.45) is 0 Å². The van der Waals surface area contributed by atoms with Crippen LogP contribution in [0.3, 0.4) is 0 Å². The van der Waals surface area contributed by atoms with E-state index in [4.69, 9.17) is 0 Å². The Labute approximate surface area is 150 Å². The number of nitrogens with zero attached hydrogens (tertiary/aromatic N) is 2. The van der Waals surface area contributed by atoms with E-state index in [1.54, 1.807) is 18.7 Å². The molecule has 2 rings (SSSR count). The summed E-state index contributed by atoms with van der Waals surface area (Å²) in [6.07, 6.45) is 0. The molecule has 8 nitrogen and oxygen atoms in total. The Balaban J connectivity index is 2.82. The fraction of sp³-hybridized carbons (Fsp3) is 0.333. The second-order valence-corrected chi connectivity index (χ2v) is 6.36. The van der Waals surface area contributed by atoms with Gasteiger partial charge >= 0.3 is 11.9 Å². The molecule has 0 saturated carbocycles. The molecule has 8 heteroatoms. The summed E-state index contributed by atoms with van der Waals surface area (Å²) in [6, 6.07) is 5.29. The van der Waals surface area contributed by atoms with E-state index in [1.165, 1.54) is 24.3 Å². The van der Waals surface area contributed by atoms with Crippen LogP contribution in [-0.2, 0) is 9.59 Å². The average molecular weight is 360 g/mol. The Bertz CT molecular complexity index is 815. The van der Waals surface area contributed by atoms with Crippen LogP contribution in [0.1, 0.15) is 39.2 Å². The first kappa shape index (κ1) is 19.2. The van der Waals surface area contributed by atoms with Crippen LogP contribution in [0.4, 0.5) is 5.69 Å². The Morgan fingerprint density at radius 1 is 1.12 bits per heavy atom. The molecule has 0 fully saturated rings. The third-order valence-electron chi connectivity index (χ3n) is 4.47. The zero-order valence-corrected chi connectivity index (χ0v) is 14.9. The highest BCUT2D eigenvalue weighted by molar-refractivity contribution is 5.98. The largest absolute Gasteiger partial charge is 0.478 e. The van der Waals surface area contributed by atoms with Crippen LogP contribution in [0.5, 0.6) is 0 Å². The van der Waals surface area contributed by atoms with Gasteiger partial charge in [0, 0.05) is 29.6 Å². The van der Waals surface area contributed by atoms with Crippen molar-refractivity contribution in [2.75, 3.05) is 0 Å². The summed E-state index contributed by atoms with van der Waals surface area (Å²) < 4.78 is 0. The Morgan fingerprint density at radius 3 is 2.00 bits per heavy atom. The number of carbonyl (C=O) groups is 2. The maximum absolute atomic E-state index is 12.0. The maximum atomic E-state index is 12.0. The number of nitro groups is 1. The quantitative estimate of drug-likeness (QED) is 0.611. The fourth-order valence-electron chi connectivity index (χ4n) is 3.56. The van der Waals surface area contributed by atoms with E-state index >= 15 is 0 Å². The monoisotopic (exact) mass is 360 g/mol. The minimum atomic E-state index is -1.25. The number of allylic oxidation sites excluding steroid dienone is 2. The van der Waals surface area contributed by atoms with Crippen LogP contribution < -0.4 is 0 Å². The molecule has 1 aromatic carbocycles. The van der Waals surface area contributed by atoms with E-state index in [-0.39, 0.29) is 28.4 Å². The second kappa shape index (κ2) is 6.99. The van der Waals surface area contributed by atoms with Gasteiger partial charge in [-0.1, -0.05) is 12.1 Å². The molecular formula is C18H20N2O6. The van der Waals surface area contributed by atoms with Crippen molar-refractivity contribution in [2.45, 2.75) is 39.7 Å². The smallest absolute Gasteiger partial charge is 0.334 e. The lowest BCUT2D eigenvalue weighted by Crippen LogP contribution is -2.37. The first-order chi connectivity index (χ1) is 12.1. The number of non-ortho nitro benzene ring substituents is 1. The van der Waals surface area contributed by atoms with Gasteiger partial charge in [-0.15, -0.1) is 0 Å². The summed E-state index contributed by atoms with van der Waals surface area (Å²) in [6.45, 7) is 6.91. The van der Waals surface area contributed by atoms with Gasteiger partial charge in [-0.05, 0) is 33.3 Å². The van der Waals surface area contributed by atoms with Gasteiger partial charge in [-0.25, -0.2) is 9.59 Å². The average Bonchev–Trinajstić information content (AvgIpc) is 2.53. The van der Waals surface area contributed by atoms with Gasteiger partial charge < -0.3 is 15.1 Å². The molecule has 138 valence electrons. The summed E-state index contributed by atoms with van der Waals surface area (Å²) in [4.78, 5) is 36.1. The number of nitro benzene ring substituents is 1. The highest BCUT2D eigenvalue weighted by atomic mass is 16.6. The van der Waals surface area contributed by atoms with Gasteiger partial charge in [0.1, 0.15) is 0 Å². The molecule has 0 radical (unpaired) electrons. The van der Waals surface area contributed by atoms with Crippen molar-refractivity contribution >= 4 is 17.6 Å². The van der Waals surface area contributed by atoms with Gasteiger partial charge in [-0.2, -0.15) is 0 Å². The molecule has 1 heterocycles. The van der Waals surface area contributed by atoms with Crippen LogP contribution in [-0.4, -0.2) is 38.0 Å². The predicted molar refractivity (Wildman–Crippen MR) is 93.5 cm³/mol. The van der Waals surface area contributed by atoms with E-state index in [0.29, 0.717) is 11.4 Å². The van der Waals surface area contributed by atoms with Crippen LogP contribution in [0, 0.1) is 10.1 Å². The van der Waals surface area contributed by atoms with Crippen LogP contribution in [0.2, 0.25) is 0 Å². The second-order valence-electron chi connectivity index (χ2n) is 6.36. The van der Waals surface area contributed by atoms with Gasteiger partial charge in [0.25, 0.3) is 5.69 Å². The number of aliphatic carboxylic acids is 2. The summed E-state index contributed by atoms with van der Waals surface area (Å²) in [7, 11) is 0. The molecular weight excluding hydrogens is 340 g/mol. The SMILES string of the molecule is CC1=C(C(=O)O)C(c2cccc([N+](=O)[O-])c2)C(C(=O)O)=C(C)N1C(C)C. The van der Waals surface area contributed by atoms with Gasteiger partial charge in [0.2, 0.25) is 0 Å². The molecule has 1 aromatic rings. The summed E-state index contributed by atoms with van der Waals surface area (Å²) in [5.74, 6) is -3.60. The molecule has 2 N–H and O–H groups in total. The molecule has 1 aliphatic rings. The number of carboxylic acids is 2. The van der Waals surface area contributed by atoms with Gasteiger partial charge in [0.15, 0.2) is 0 Å². The van der Waals surface area contributed by atoms with Crippen molar-refractivity contribution in [3.8, 4) is 0 Å². The standard InChI is InChI=1S/C18H20N2O6/c1-9(2)19-10(3)14(17(21)22)16(15(11(19)4)18(23)24)12-6-5-7-13(8-12)20(25)26/h5-9,16H,1-4H3,(H,21,22)(H,23,24). The molecule has 0 bridgehead atoms. The molecule has 0 aliphatic carbocycles. The Hall–Kier alpha value is -3.16. The topological polar surface area (TPSA) is 121 Å². The third-order valence-corrected chi connectivity index (χ3v) is 4.47. The Kier molecular flexibility index (Phi) is 5.15. The highest BCUT2D eigenvalue weighted by Crippen LogP contribution is 2.43. The number of hydrogen-bond acceptors (Lipinski definition) is 5. The number of rotatable bonds is 5. The minimum absolute atomic E-state index is 0.0952. The van der Waals surface area contributed by atoms with Crippen molar-refractivity contribution in [3.05, 3.63) is 62.5 Å². The van der Waals surface area contributed by atoms with Crippen molar-refractivity contribution < 1.29 is 24.7 Å². The van der Waals surface area contributed by atoms with E-state index in [0.717, 1.165) is 0 Å². The molecule has 0 unspecified atom stereocenters. The van der Waals surface area contributed by atoms with Gasteiger partial charge in [0.05, 0.1) is 22.0 Å². The van der Waals surface area contributed by atoms with E-state index in [9.17, 15) is 29.9 Å². The van der Waals surface area contributed by atoms with Crippen LogP contribution in [0.25, 0.3) is 0 Å². The Morgan fingerprint density at radius 2 is 1.62 bits per heavy atom. The summed E-state index contributed by atoms with van der Waals surface area (Å²) in [5.41, 5.74) is 0.692. The number of benzene rings is 1. The molecule has 26 heavy (non-hydrogen) atoms. The predicted octanol–water partition coefficient (Wildman–Crippen LogP) is 3.12. The van der Waals surface area contributed by atoms with Crippen molar-refractivity contribution in [1.82, 2.24) is 4.90 Å². The highest BCUT2D eigenvalue weighted by Gasteiger charge is 2.40. The molecule has 1 aliphatic heterocycles. The van der Waals surface area contributed by atoms with Crippen molar-refractivity contribution in [3.63, 3.8) is 0 Å². The molecule has 0 saturated heterocycles. The van der Waals surface area contributed by atoms with E-state index in [2.05, 4.69) is 0 Å². The normalized spacial score (nSPS) is 15.7. The molecule has 0 spiro atoms. The number of carboxylic acid groups (broad SMARTS) is 2. The maximum Gasteiger partial charge on any atom is 0.334 e. The van der Waals surface area contributed by atoms with E-state index in [1.807, 2.05) is 13.8 Å². The number of hydrogen-bond donors (Lipinski definition) is 2. The molecule has 0 atom stereocenters. The zero-order valence-electron chi connectivity index (χ0n) is 14.9. The van der Waals surface area contributed by atoms with Gasteiger partial charge in [-0.3, -0.25) is 10.1 Å². The zero-order chi connectivity index (χ0) is 19.8.